The van der Waals surface area contributed by atoms with Crippen LogP contribution in [0.5, 0.6) is 0 Å². The van der Waals surface area contributed by atoms with Crippen molar-refractivity contribution in [1.29, 1.82) is 0 Å². The summed E-state index contributed by atoms with van der Waals surface area (Å²) in [5.41, 5.74) is 2.23. The Labute approximate surface area is 189 Å². The lowest BCUT2D eigenvalue weighted by molar-refractivity contribution is 0.435. The summed E-state index contributed by atoms with van der Waals surface area (Å²) in [5.74, 6) is 1.32. The summed E-state index contributed by atoms with van der Waals surface area (Å²) in [6, 6.07) is 5.37. The molecule has 1 fully saturated rings. The smallest absolute Gasteiger partial charge is 0.191 e. The number of pyridine rings is 1. The molecule has 0 spiro atoms. The van der Waals surface area contributed by atoms with Crippen LogP contribution in [0.4, 0.5) is 10.2 Å². The normalized spacial score (nSPS) is 17.8. The standard InChI is InChI=1S/C20H30FN7.HI/c1-14(12-28-16(3)10-15(2)26-28)11-24-20(22-4)25-17-7-9-27(13-17)19-18(21)6-5-8-23-19;/h5-6,8,10,14,17H,7,9,11-13H2,1-4H3,(H2,22,24,25);1H. The first-order valence-electron chi connectivity index (χ1n) is 9.80. The van der Waals surface area contributed by atoms with Crippen LogP contribution in [0.15, 0.2) is 29.4 Å². The van der Waals surface area contributed by atoms with Crippen LogP contribution in [0.1, 0.15) is 24.7 Å². The van der Waals surface area contributed by atoms with Crippen molar-refractivity contribution in [2.75, 3.05) is 31.6 Å². The predicted octanol–water partition coefficient (Wildman–Crippen LogP) is 2.73. The minimum atomic E-state index is -0.274. The number of anilines is 1. The summed E-state index contributed by atoms with van der Waals surface area (Å²) < 4.78 is 16.0. The molecule has 0 saturated carbocycles. The number of guanidine groups is 1. The van der Waals surface area contributed by atoms with Gasteiger partial charge in [-0.15, -0.1) is 24.0 Å². The molecule has 0 radical (unpaired) electrons. The molecule has 0 aromatic carbocycles. The summed E-state index contributed by atoms with van der Waals surface area (Å²) in [6.45, 7) is 9.42. The molecule has 0 bridgehead atoms. The van der Waals surface area contributed by atoms with Gasteiger partial charge in [-0.05, 0) is 44.4 Å². The zero-order valence-electron chi connectivity index (χ0n) is 17.5. The number of aromatic nitrogens is 3. The van der Waals surface area contributed by atoms with E-state index in [1.165, 1.54) is 11.8 Å². The molecular weight excluding hydrogens is 484 g/mol. The van der Waals surface area contributed by atoms with E-state index in [1.54, 1.807) is 19.3 Å². The van der Waals surface area contributed by atoms with Gasteiger partial charge in [-0.3, -0.25) is 9.67 Å². The maximum Gasteiger partial charge on any atom is 0.191 e. The van der Waals surface area contributed by atoms with Crippen molar-refractivity contribution < 1.29 is 4.39 Å². The van der Waals surface area contributed by atoms with Gasteiger partial charge in [-0.1, -0.05) is 6.92 Å². The van der Waals surface area contributed by atoms with Crippen LogP contribution in [0.3, 0.4) is 0 Å². The molecule has 1 aliphatic heterocycles. The molecule has 2 unspecified atom stereocenters. The van der Waals surface area contributed by atoms with Crippen molar-refractivity contribution in [3.8, 4) is 0 Å². The molecule has 2 aromatic rings. The van der Waals surface area contributed by atoms with E-state index in [4.69, 9.17) is 0 Å². The number of aryl methyl sites for hydroxylation is 2. The molecule has 9 heteroatoms. The van der Waals surface area contributed by atoms with Crippen LogP contribution in [0.2, 0.25) is 0 Å². The van der Waals surface area contributed by atoms with E-state index in [1.807, 2.05) is 16.5 Å². The third kappa shape index (κ3) is 6.28. The van der Waals surface area contributed by atoms with Crippen molar-refractivity contribution in [2.45, 2.75) is 39.8 Å². The van der Waals surface area contributed by atoms with Crippen molar-refractivity contribution in [3.63, 3.8) is 0 Å². The Morgan fingerprint density at radius 1 is 1.41 bits per heavy atom. The Kier molecular flexibility index (Phi) is 8.66. The Bertz CT molecular complexity index is 823. The molecule has 1 aliphatic rings. The number of hydrogen-bond donors (Lipinski definition) is 2. The van der Waals surface area contributed by atoms with Crippen LogP contribution in [0.25, 0.3) is 0 Å². The number of nitrogens with one attached hydrogen (secondary N) is 2. The number of rotatable bonds is 6. The topological polar surface area (TPSA) is 70.4 Å². The van der Waals surface area contributed by atoms with Crippen LogP contribution in [-0.2, 0) is 6.54 Å². The highest BCUT2D eigenvalue weighted by Gasteiger charge is 2.26. The number of nitrogens with zero attached hydrogens (tertiary/aromatic N) is 5. The first-order valence-corrected chi connectivity index (χ1v) is 9.80. The van der Waals surface area contributed by atoms with Gasteiger partial charge < -0.3 is 15.5 Å². The third-order valence-corrected chi connectivity index (χ3v) is 5.00. The van der Waals surface area contributed by atoms with Gasteiger partial charge in [-0.2, -0.15) is 5.10 Å². The molecule has 0 aliphatic carbocycles. The van der Waals surface area contributed by atoms with Crippen molar-refractivity contribution in [1.82, 2.24) is 25.4 Å². The number of aliphatic imine (C=N–C) groups is 1. The Morgan fingerprint density at radius 2 is 2.21 bits per heavy atom. The Balaban J connectivity index is 0.00000300. The van der Waals surface area contributed by atoms with Crippen molar-refractivity contribution in [2.24, 2.45) is 10.9 Å². The summed E-state index contributed by atoms with van der Waals surface area (Å²) in [5, 5.41) is 11.4. The van der Waals surface area contributed by atoms with Crippen LogP contribution in [0, 0.1) is 25.6 Å². The highest BCUT2D eigenvalue weighted by atomic mass is 127. The van der Waals surface area contributed by atoms with Gasteiger partial charge >= 0.3 is 0 Å². The molecule has 7 nitrogen and oxygen atoms in total. The quantitative estimate of drug-likeness (QED) is 0.352. The molecule has 29 heavy (non-hydrogen) atoms. The molecule has 3 rings (SSSR count). The van der Waals surface area contributed by atoms with Gasteiger partial charge in [0.05, 0.1) is 5.69 Å². The van der Waals surface area contributed by atoms with Crippen LogP contribution >= 0.6 is 24.0 Å². The van der Waals surface area contributed by atoms with E-state index in [-0.39, 0.29) is 35.8 Å². The second-order valence-corrected chi connectivity index (χ2v) is 7.55. The Hall–Kier alpha value is -1.91. The van der Waals surface area contributed by atoms with Gasteiger partial charge in [0.2, 0.25) is 0 Å². The molecule has 0 amide bonds. The van der Waals surface area contributed by atoms with E-state index in [0.717, 1.165) is 37.7 Å². The summed E-state index contributed by atoms with van der Waals surface area (Å²) in [7, 11) is 1.77. The highest BCUT2D eigenvalue weighted by Crippen LogP contribution is 2.20. The molecule has 1 saturated heterocycles. The van der Waals surface area contributed by atoms with Crippen LogP contribution < -0.4 is 15.5 Å². The van der Waals surface area contributed by atoms with Gasteiger partial charge in [-0.25, -0.2) is 9.37 Å². The van der Waals surface area contributed by atoms with Gasteiger partial charge in [0, 0.05) is 51.2 Å². The minimum Gasteiger partial charge on any atom is -0.356 e. The average Bonchev–Trinajstić information content (AvgIpc) is 3.25. The first-order chi connectivity index (χ1) is 13.5. The monoisotopic (exact) mass is 515 g/mol. The zero-order valence-corrected chi connectivity index (χ0v) is 19.9. The fourth-order valence-corrected chi connectivity index (χ4v) is 3.56. The minimum absolute atomic E-state index is 0. The maximum atomic E-state index is 13.9. The highest BCUT2D eigenvalue weighted by molar-refractivity contribution is 14.0. The maximum absolute atomic E-state index is 13.9. The lowest BCUT2D eigenvalue weighted by Crippen LogP contribution is -2.46. The largest absolute Gasteiger partial charge is 0.356 e. The Morgan fingerprint density at radius 3 is 2.86 bits per heavy atom. The lowest BCUT2D eigenvalue weighted by Gasteiger charge is -2.21. The summed E-state index contributed by atoms with van der Waals surface area (Å²) >= 11 is 0. The number of hydrogen-bond acceptors (Lipinski definition) is 4. The molecular formula is C20H31FIN7. The lowest BCUT2D eigenvalue weighted by atomic mass is 10.2. The third-order valence-electron chi connectivity index (χ3n) is 5.00. The molecule has 2 N–H and O–H groups in total. The average molecular weight is 515 g/mol. The SMILES string of the molecule is CN=C(NCC(C)Cn1nc(C)cc1C)NC1CCN(c2ncccc2F)C1.I. The van der Waals surface area contributed by atoms with E-state index >= 15 is 0 Å². The summed E-state index contributed by atoms with van der Waals surface area (Å²) in [4.78, 5) is 10.5. The van der Waals surface area contributed by atoms with Crippen molar-refractivity contribution in [3.05, 3.63) is 41.6 Å². The molecule has 3 heterocycles. The molecule has 2 aromatic heterocycles. The first kappa shape index (κ1) is 23.4. The predicted molar refractivity (Wildman–Crippen MR) is 126 cm³/mol. The van der Waals surface area contributed by atoms with Crippen molar-refractivity contribution >= 4 is 35.8 Å². The van der Waals surface area contributed by atoms with Crippen LogP contribution in [-0.4, -0.2) is 53.4 Å². The summed E-state index contributed by atoms with van der Waals surface area (Å²) in [6.07, 6.45) is 2.54. The number of halogens is 2. The fraction of sp³-hybridized carbons (Fsp3) is 0.550. The van der Waals surface area contributed by atoms with E-state index in [0.29, 0.717) is 18.3 Å². The van der Waals surface area contributed by atoms with E-state index in [9.17, 15) is 4.39 Å². The van der Waals surface area contributed by atoms with Gasteiger partial charge in [0.15, 0.2) is 17.6 Å². The zero-order chi connectivity index (χ0) is 20.1. The second-order valence-electron chi connectivity index (χ2n) is 7.55. The van der Waals surface area contributed by atoms with E-state index in [2.05, 4.69) is 45.6 Å². The van der Waals surface area contributed by atoms with E-state index < -0.39 is 0 Å². The molecule has 2 atom stereocenters. The van der Waals surface area contributed by atoms with Gasteiger partial charge in [0.1, 0.15) is 0 Å². The fourth-order valence-electron chi connectivity index (χ4n) is 3.56. The second kappa shape index (κ2) is 10.7. The van der Waals surface area contributed by atoms with Gasteiger partial charge in [0.25, 0.3) is 0 Å². The molecule has 160 valence electrons.